The van der Waals surface area contributed by atoms with Gasteiger partial charge in [0.15, 0.2) is 6.10 Å². The minimum Gasteiger partial charge on any atom is -0.360 e. The van der Waals surface area contributed by atoms with Crippen LogP contribution in [0.1, 0.15) is 0 Å². The lowest BCUT2D eigenvalue weighted by Gasteiger charge is -2.31. The maximum Gasteiger partial charge on any atom is 0.292 e. The van der Waals surface area contributed by atoms with Gasteiger partial charge in [0, 0.05) is 17.1 Å². The molecule has 2 rings (SSSR count). The molecule has 0 amide bonds. The van der Waals surface area contributed by atoms with E-state index in [9.17, 15) is 10.1 Å². The Labute approximate surface area is 112 Å². The van der Waals surface area contributed by atoms with Gasteiger partial charge in [-0.2, -0.15) is 5.26 Å². The summed E-state index contributed by atoms with van der Waals surface area (Å²) in [5.74, 6) is 0. The Kier molecular flexibility index (Phi) is 3.79. The third-order valence-corrected chi connectivity index (χ3v) is 3.18. The maximum atomic E-state index is 11.0. The van der Waals surface area contributed by atoms with Crippen LogP contribution in [0.15, 0.2) is 22.7 Å². The first-order valence-electron chi connectivity index (χ1n) is 5.32. The molecule has 1 saturated heterocycles. The van der Waals surface area contributed by atoms with Gasteiger partial charge in [0.05, 0.1) is 24.1 Å². The summed E-state index contributed by atoms with van der Waals surface area (Å²) in [6.07, 6.45) is -0.544. The summed E-state index contributed by atoms with van der Waals surface area (Å²) in [5.41, 5.74) is 0.551. The number of morpholine rings is 1. The van der Waals surface area contributed by atoms with E-state index >= 15 is 0 Å². The van der Waals surface area contributed by atoms with E-state index in [1.165, 1.54) is 6.07 Å². The fourth-order valence-electron chi connectivity index (χ4n) is 1.85. The van der Waals surface area contributed by atoms with E-state index in [0.29, 0.717) is 25.4 Å². The molecule has 1 aromatic carbocycles. The van der Waals surface area contributed by atoms with Crippen molar-refractivity contribution in [2.24, 2.45) is 0 Å². The second-order valence-electron chi connectivity index (χ2n) is 3.82. The number of ether oxygens (including phenoxy) is 1. The molecule has 1 aliphatic rings. The van der Waals surface area contributed by atoms with E-state index in [1.54, 1.807) is 17.0 Å². The van der Waals surface area contributed by atoms with E-state index in [4.69, 9.17) is 10.00 Å². The molecule has 0 aliphatic carbocycles. The van der Waals surface area contributed by atoms with Crippen molar-refractivity contribution in [2.75, 3.05) is 24.6 Å². The van der Waals surface area contributed by atoms with Gasteiger partial charge < -0.3 is 9.64 Å². The summed E-state index contributed by atoms with van der Waals surface area (Å²) in [7, 11) is 0. The number of hydrogen-bond acceptors (Lipinski definition) is 5. The fraction of sp³-hybridized carbons (Fsp3) is 0.364. The number of nitriles is 1. The van der Waals surface area contributed by atoms with Crippen molar-refractivity contribution in [1.82, 2.24) is 0 Å². The zero-order valence-corrected chi connectivity index (χ0v) is 11.0. The van der Waals surface area contributed by atoms with Gasteiger partial charge in [0.25, 0.3) is 5.69 Å². The lowest BCUT2D eigenvalue weighted by Crippen LogP contribution is -2.42. The predicted molar refractivity (Wildman–Crippen MR) is 68.4 cm³/mol. The van der Waals surface area contributed by atoms with Gasteiger partial charge in [-0.05, 0) is 12.1 Å². The molecule has 1 atom stereocenters. The Morgan fingerprint density at radius 1 is 1.61 bits per heavy atom. The average Bonchev–Trinajstić information content (AvgIpc) is 2.38. The van der Waals surface area contributed by atoms with Crippen molar-refractivity contribution in [3.05, 3.63) is 32.8 Å². The molecular weight excluding hydrogens is 302 g/mol. The number of nitro benzene ring substituents is 1. The van der Waals surface area contributed by atoms with E-state index in [1.807, 2.05) is 6.07 Å². The maximum absolute atomic E-state index is 11.0. The summed E-state index contributed by atoms with van der Waals surface area (Å²) >= 11 is 3.30. The van der Waals surface area contributed by atoms with Gasteiger partial charge in [-0.1, -0.05) is 15.9 Å². The Hall–Kier alpha value is -1.65. The average molecular weight is 312 g/mol. The van der Waals surface area contributed by atoms with Crippen molar-refractivity contribution in [3.8, 4) is 6.07 Å². The zero-order chi connectivity index (χ0) is 13.1. The molecule has 0 radical (unpaired) electrons. The minimum absolute atomic E-state index is 0.0387. The molecule has 94 valence electrons. The van der Waals surface area contributed by atoms with Crippen LogP contribution in [-0.2, 0) is 4.74 Å². The van der Waals surface area contributed by atoms with E-state index in [-0.39, 0.29) is 5.69 Å². The molecule has 18 heavy (non-hydrogen) atoms. The quantitative estimate of drug-likeness (QED) is 0.617. The van der Waals surface area contributed by atoms with Crippen LogP contribution in [0.5, 0.6) is 0 Å². The molecule has 0 saturated carbocycles. The largest absolute Gasteiger partial charge is 0.360 e. The third-order valence-electron chi connectivity index (χ3n) is 2.69. The number of hydrogen-bond donors (Lipinski definition) is 0. The smallest absolute Gasteiger partial charge is 0.292 e. The number of benzene rings is 1. The van der Waals surface area contributed by atoms with Crippen LogP contribution in [0, 0.1) is 21.4 Å². The second kappa shape index (κ2) is 5.33. The summed E-state index contributed by atoms with van der Waals surface area (Å²) in [4.78, 5) is 12.4. The molecule has 7 heteroatoms. The van der Waals surface area contributed by atoms with Crippen molar-refractivity contribution < 1.29 is 9.66 Å². The normalized spacial score (nSPS) is 19.3. The lowest BCUT2D eigenvalue weighted by molar-refractivity contribution is -0.384. The van der Waals surface area contributed by atoms with Crippen molar-refractivity contribution >= 4 is 27.3 Å². The van der Waals surface area contributed by atoms with Crippen molar-refractivity contribution in [3.63, 3.8) is 0 Å². The van der Waals surface area contributed by atoms with Crippen LogP contribution in [-0.4, -0.2) is 30.7 Å². The molecule has 0 bridgehead atoms. The lowest BCUT2D eigenvalue weighted by atomic mass is 10.2. The molecular formula is C11H10BrN3O3. The highest BCUT2D eigenvalue weighted by Gasteiger charge is 2.25. The Morgan fingerprint density at radius 3 is 3.06 bits per heavy atom. The van der Waals surface area contributed by atoms with Gasteiger partial charge >= 0.3 is 0 Å². The van der Waals surface area contributed by atoms with Crippen LogP contribution < -0.4 is 4.90 Å². The van der Waals surface area contributed by atoms with E-state index < -0.39 is 11.0 Å². The molecule has 6 nitrogen and oxygen atoms in total. The van der Waals surface area contributed by atoms with Crippen LogP contribution in [0.4, 0.5) is 11.4 Å². The predicted octanol–water partition coefficient (Wildman–Crippen LogP) is 2.09. The minimum atomic E-state index is -0.544. The van der Waals surface area contributed by atoms with E-state index in [0.717, 1.165) is 4.47 Å². The first-order chi connectivity index (χ1) is 8.61. The number of rotatable bonds is 2. The number of halogens is 1. The standard InChI is InChI=1S/C11H10BrN3O3/c12-8-1-2-10(15(16)17)11(5-8)14-3-4-18-9(6-13)7-14/h1-2,5,9H,3-4,7H2. The summed E-state index contributed by atoms with van der Waals surface area (Å²) in [6.45, 7) is 1.27. The van der Waals surface area contributed by atoms with Crippen molar-refractivity contribution in [1.29, 1.82) is 5.26 Å². The monoisotopic (exact) mass is 311 g/mol. The van der Waals surface area contributed by atoms with E-state index in [2.05, 4.69) is 15.9 Å². The zero-order valence-electron chi connectivity index (χ0n) is 9.38. The molecule has 1 aromatic rings. The molecule has 0 spiro atoms. The number of nitro groups is 1. The fourth-order valence-corrected chi connectivity index (χ4v) is 2.20. The van der Waals surface area contributed by atoms with Gasteiger partial charge in [-0.15, -0.1) is 0 Å². The first-order valence-corrected chi connectivity index (χ1v) is 6.11. The van der Waals surface area contributed by atoms with Gasteiger partial charge in [-0.25, -0.2) is 0 Å². The Balaban J connectivity index is 2.34. The highest BCUT2D eigenvalue weighted by Crippen LogP contribution is 2.32. The Morgan fingerprint density at radius 2 is 2.39 bits per heavy atom. The first kappa shape index (κ1) is 12.8. The number of anilines is 1. The van der Waals surface area contributed by atoms with Gasteiger partial charge in [0.2, 0.25) is 0 Å². The molecule has 1 fully saturated rings. The highest BCUT2D eigenvalue weighted by molar-refractivity contribution is 9.10. The third kappa shape index (κ3) is 2.60. The van der Waals surface area contributed by atoms with Crippen LogP contribution >= 0.6 is 15.9 Å². The Bertz CT molecular complexity index is 515. The summed E-state index contributed by atoms with van der Waals surface area (Å²) < 4.78 is 5.99. The summed E-state index contributed by atoms with van der Waals surface area (Å²) in [6, 6.07) is 6.80. The van der Waals surface area contributed by atoms with Crippen LogP contribution in [0.3, 0.4) is 0 Å². The topological polar surface area (TPSA) is 79.4 Å². The van der Waals surface area contributed by atoms with Crippen LogP contribution in [0.25, 0.3) is 0 Å². The highest BCUT2D eigenvalue weighted by atomic mass is 79.9. The molecule has 0 N–H and O–H groups in total. The van der Waals surface area contributed by atoms with Gasteiger partial charge in [-0.3, -0.25) is 10.1 Å². The number of nitrogens with zero attached hydrogens (tertiary/aromatic N) is 3. The van der Waals surface area contributed by atoms with Gasteiger partial charge in [0.1, 0.15) is 5.69 Å². The van der Waals surface area contributed by atoms with Crippen LogP contribution in [0.2, 0.25) is 0 Å². The summed E-state index contributed by atoms with van der Waals surface area (Å²) in [5, 5.41) is 19.8. The molecule has 1 heterocycles. The van der Waals surface area contributed by atoms with Crippen molar-refractivity contribution in [2.45, 2.75) is 6.10 Å². The molecule has 1 unspecified atom stereocenters. The molecule has 0 aromatic heterocycles. The second-order valence-corrected chi connectivity index (χ2v) is 4.74. The SMILES string of the molecule is N#CC1CN(c2cc(Br)ccc2[N+](=O)[O-])CCO1. The molecule has 1 aliphatic heterocycles.